The van der Waals surface area contributed by atoms with Gasteiger partial charge in [-0.05, 0) is 5.56 Å². The molecule has 2 unspecified atom stereocenters. The molecule has 1 aliphatic rings. The lowest BCUT2D eigenvalue weighted by Gasteiger charge is -2.25. The summed E-state index contributed by atoms with van der Waals surface area (Å²) in [5, 5.41) is 10.3. The van der Waals surface area contributed by atoms with Crippen molar-refractivity contribution in [2.45, 2.75) is 12.5 Å². The summed E-state index contributed by atoms with van der Waals surface area (Å²) < 4.78 is 5.28. The second-order valence-corrected chi connectivity index (χ2v) is 3.71. The van der Waals surface area contributed by atoms with Crippen LogP contribution in [-0.4, -0.2) is 18.3 Å². The number of ether oxygens (including phenoxy) is 1. The average molecular weight is 178 g/mol. The van der Waals surface area contributed by atoms with E-state index in [2.05, 4.69) is 0 Å². The third kappa shape index (κ3) is 1.36. The SMILES string of the molecule is CC1COCC1(O)c1ccccc1. The molecule has 2 heteroatoms. The summed E-state index contributed by atoms with van der Waals surface area (Å²) in [5.41, 5.74) is 0.182. The molecule has 0 saturated carbocycles. The van der Waals surface area contributed by atoms with Crippen molar-refractivity contribution in [1.29, 1.82) is 0 Å². The van der Waals surface area contributed by atoms with Gasteiger partial charge in [0.1, 0.15) is 5.60 Å². The Hall–Kier alpha value is -0.860. The van der Waals surface area contributed by atoms with Crippen LogP contribution in [0, 0.1) is 5.92 Å². The molecule has 0 aliphatic carbocycles. The molecule has 1 heterocycles. The van der Waals surface area contributed by atoms with Gasteiger partial charge in [0, 0.05) is 5.92 Å². The van der Waals surface area contributed by atoms with Crippen molar-refractivity contribution in [3.63, 3.8) is 0 Å². The molecule has 13 heavy (non-hydrogen) atoms. The first-order chi connectivity index (χ1) is 6.23. The molecule has 1 N–H and O–H groups in total. The third-order valence-corrected chi connectivity index (χ3v) is 2.78. The first kappa shape index (κ1) is 8.73. The van der Waals surface area contributed by atoms with Gasteiger partial charge >= 0.3 is 0 Å². The Kier molecular flexibility index (Phi) is 2.10. The van der Waals surface area contributed by atoms with Crippen LogP contribution in [0.5, 0.6) is 0 Å². The predicted octanol–water partition coefficient (Wildman–Crippen LogP) is 1.54. The molecule has 1 aromatic rings. The summed E-state index contributed by atoms with van der Waals surface area (Å²) in [6, 6.07) is 9.74. The van der Waals surface area contributed by atoms with Gasteiger partial charge in [-0.3, -0.25) is 0 Å². The van der Waals surface area contributed by atoms with Gasteiger partial charge in [-0.15, -0.1) is 0 Å². The maximum Gasteiger partial charge on any atom is 0.118 e. The largest absolute Gasteiger partial charge is 0.382 e. The molecular formula is C11H14O2. The minimum absolute atomic E-state index is 0.176. The van der Waals surface area contributed by atoms with Gasteiger partial charge in [-0.25, -0.2) is 0 Å². The van der Waals surface area contributed by atoms with Crippen molar-refractivity contribution in [1.82, 2.24) is 0 Å². The highest BCUT2D eigenvalue weighted by Crippen LogP contribution is 2.34. The van der Waals surface area contributed by atoms with Crippen LogP contribution in [0.4, 0.5) is 0 Å². The Balaban J connectivity index is 2.34. The van der Waals surface area contributed by atoms with Crippen LogP contribution in [0.25, 0.3) is 0 Å². The van der Waals surface area contributed by atoms with E-state index in [0.717, 1.165) is 5.56 Å². The first-order valence-corrected chi connectivity index (χ1v) is 4.59. The molecule has 2 atom stereocenters. The molecule has 70 valence electrons. The van der Waals surface area contributed by atoms with E-state index in [1.807, 2.05) is 37.3 Å². The third-order valence-electron chi connectivity index (χ3n) is 2.78. The zero-order chi connectivity index (χ0) is 9.31. The van der Waals surface area contributed by atoms with Crippen LogP contribution in [0.2, 0.25) is 0 Å². The zero-order valence-electron chi connectivity index (χ0n) is 7.73. The molecule has 1 fully saturated rings. The standard InChI is InChI=1S/C11H14O2/c1-9-7-13-8-11(9,12)10-5-3-2-4-6-10/h2-6,9,12H,7-8H2,1H3. The highest BCUT2D eigenvalue weighted by Gasteiger charge is 2.40. The van der Waals surface area contributed by atoms with Crippen LogP contribution < -0.4 is 0 Å². The van der Waals surface area contributed by atoms with E-state index in [-0.39, 0.29) is 5.92 Å². The molecule has 1 aromatic carbocycles. The Bertz CT molecular complexity index is 283. The number of aliphatic hydroxyl groups is 1. The van der Waals surface area contributed by atoms with Crippen molar-refractivity contribution < 1.29 is 9.84 Å². The van der Waals surface area contributed by atoms with Gasteiger partial charge in [-0.1, -0.05) is 37.3 Å². The van der Waals surface area contributed by atoms with Crippen molar-refractivity contribution >= 4 is 0 Å². The number of hydrogen-bond acceptors (Lipinski definition) is 2. The van der Waals surface area contributed by atoms with E-state index in [1.54, 1.807) is 0 Å². The molecule has 2 rings (SSSR count). The molecule has 1 aliphatic heterocycles. The van der Waals surface area contributed by atoms with Crippen LogP contribution in [0.3, 0.4) is 0 Å². The van der Waals surface area contributed by atoms with Crippen molar-refractivity contribution in [3.8, 4) is 0 Å². The van der Waals surface area contributed by atoms with E-state index in [9.17, 15) is 5.11 Å². The van der Waals surface area contributed by atoms with Crippen molar-refractivity contribution in [3.05, 3.63) is 35.9 Å². The summed E-state index contributed by atoms with van der Waals surface area (Å²) in [6.45, 7) is 3.07. The molecular weight excluding hydrogens is 164 g/mol. The van der Waals surface area contributed by atoms with E-state index in [4.69, 9.17) is 4.74 Å². The highest BCUT2D eigenvalue weighted by atomic mass is 16.5. The predicted molar refractivity (Wildman–Crippen MR) is 50.3 cm³/mol. The Morgan fingerprint density at radius 1 is 1.38 bits per heavy atom. The molecule has 1 saturated heterocycles. The first-order valence-electron chi connectivity index (χ1n) is 4.59. The number of rotatable bonds is 1. The average Bonchev–Trinajstić information content (AvgIpc) is 2.50. The lowest BCUT2D eigenvalue weighted by atomic mass is 9.85. The van der Waals surface area contributed by atoms with Crippen LogP contribution >= 0.6 is 0 Å². The summed E-state index contributed by atoms with van der Waals surface area (Å²) in [6.07, 6.45) is 0. The quantitative estimate of drug-likeness (QED) is 0.706. The van der Waals surface area contributed by atoms with Crippen LogP contribution in [-0.2, 0) is 10.3 Å². The maximum absolute atomic E-state index is 10.3. The number of benzene rings is 1. The van der Waals surface area contributed by atoms with E-state index < -0.39 is 5.60 Å². The van der Waals surface area contributed by atoms with Crippen molar-refractivity contribution in [2.75, 3.05) is 13.2 Å². The van der Waals surface area contributed by atoms with Crippen molar-refractivity contribution in [2.24, 2.45) is 5.92 Å². The fourth-order valence-corrected chi connectivity index (χ4v) is 1.77. The molecule has 0 spiro atoms. The minimum Gasteiger partial charge on any atom is -0.382 e. The highest BCUT2D eigenvalue weighted by molar-refractivity contribution is 5.24. The van der Waals surface area contributed by atoms with Gasteiger partial charge in [0.15, 0.2) is 0 Å². The van der Waals surface area contributed by atoms with E-state index in [0.29, 0.717) is 13.2 Å². The Labute approximate surface area is 78.2 Å². The lowest BCUT2D eigenvalue weighted by molar-refractivity contribution is 0.000825. The fourth-order valence-electron chi connectivity index (χ4n) is 1.77. The van der Waals surface area contributed by atoms with Gasteiger partial charge in [0.05, 0.1) is 13.2 Å². The summed E-state index contributed by atoms with van der Waals surface area (Å²) in [5.74, 6) is 0.176. The summed E-state index contributed by atoms with van der Waals surface area (Å²) in [7, 11) is 0. The van der Waals surface area contributed by atoms with Gasteiger partial charge in [0.2, 0.25) is 0 Å². The van der Waals surface area contributed by atoms with Crippen LogP contribution in [0.15, 0.2) is 30.3 Å². The normalized spacial score (nSPS) is 33.5. The molecule has 0 aromatic heterocycles. The monoisotopic (exact) mass is 178 g/mol. The smallest absolute Gasteiger partial charge is 0.118 e. The number of hydrogen-bond donors (Lipinski definition) is 1. The topological polar surface area (TPSA) is 29.5 Å². The maximum atomic E-state index is 10.3. The fraction of sp³-hybridized carbons (Fsp3) is 0.455. The zero-order valence-corrected chi connectivity index (χ0v) is 7.73. The minimum atomic E-state index is -0.777. The lowest BCUT2D eigenvalue weighted by Crippen LogP contribution is -2.32. The molecule has 0 amide bonds. The molecule has 2 nitrogen and oxygen atoms in total. The molecule has 0 bridgehead atoms. The van der Waals surface area contributed by atoms with Gasteiger partial charge in [-0.2, -0.15) is 0 Å². The molecule has 0 radical (unpaired) electrons. The summed E-state index contributed by atoms with van der Waals surface area (Å²) >= 11 is 0. The van der Waals surface area contributed by atoms with E-state index >= 15 is 0 Å². The van der Waals surface area contributed by atoms with Crippen LogP contribution in [0.1, 0.15) is 12.5 Å². The van der Waals surface area contributed by atoms with Gasteiger partial charge < -0.3 is 9.84 Å². The van der Waals surface area contributed by atoms with Gasteiger partial charge in [0.25, 0.3) is 0 Å². The Morgan fingerprint density at radius 2 is 2.08 bits per heavy atom. The Morgan fingerprint density at radius 3 is 2.62 bits per heavy atom. The summed E-state index contributed by atoms with van der Waals surface area (Å²) in [4.78, 5) is 0. The second kappa shape index (κ2) is 3.13. The second-order valence-electron chi connectivity index (χ2n) is 3.71. The van der Waals surface area contributed by atoms with E-state index in [1.165, 1.54) is 0 Å².